The van der Waals surface area contributed by atoms with Gasteiger partial charge in [-0.25, -0.2) is 0 Å². The number of nitrogens with two attached hydrogens (primary N) is 1. The van der Waals surface area contributed by atoms with Gasteiger partial charge >= 0.3 is 0 Å². The molecule has 4 nitrogen and oxygen atoms in total. The highest BCUT2D eigenvalue weighted by molar-refractivity contribution is 5.80. The van der Waals surface area contributed by atoms with Crippen LogP contribution in [0.15, 0.2) is 24.3 Å². The van der Waals surface area contributed by atoms with Gasteiger partial charge in [-0.2, -0.15) is 0 Å². The lowest BCUT2D eigenvalue weighted by atomic mass is 9.95. The van der Waals surface area contributed by atoms with Crippen molar-refractivity contribution in [1.82, 2.24) is 5.32 Å². The SMILES string of the molecule is CC(C)Oc1ccccc1CC(=O)NC(C)(CN)C1CC1. The Morgan fingerprint density at radius 2 is 2.10 bits per heavy atom. The molecule has 21 heavy (non-hydrogen) atoms. The lowest BCUT2D eigenvalue weighted by molar-refractivity contribution is -0.122. The van der Waals surface area contributed by atoms with E-state index in [-0.39, 0.29) is 17.6 Å². The van der Waals surface area contributed by atoms with Gasteiger partial charge < -0.3 is 15.8 Å². The Balaban J connectivity index is 2.02. The Bertz CT molecular complexity index is 497. The molecule has 1 amide bonds. The summed E-state index contributed by atoms with van der Waals surface area (Å²) in [6.07, 6.45) is 2.72. The highest BCUT2D eigenvalue weighted by Gasteiger charge is 2.41. The highest BCUT2D eigenvalue weighted by Crippen LogP contribution is 2.39. The third kappa shape index (κ3) is 4.21. The van der Waals surface area contributed by atoms with E-state index in [1.807, 2.05) is 45.0 Å². The predicted octanol–water partition coefficient (Wildman–Crippen LogP) is 2.26. The van der Waals surface area contributed by atoms with Gasteiger partial charge in [0.25, 0.3) is 0 Å². The second kappa shape index (κ2) is 6.48. The van der Waals surface area contributed by atoms with Crippen molar-refractivity contribution in [2.45, 2.75) is 51.7 Å². The molecule has 1 aromatic rings. The average Bonchev–Trinajstić information content (AvgIpc) is 3.25. The van der Waals surface area contributed by atoms with Crippen LogP contribution in [0.3, 0.4) is 0 Å². The van der Waals surface area contributed by atoms with Crippen LogP contribution in [0.2, 0.25) is 0 Å². The zero-order valence-corrected chi connectivity index (χ0v) is 13.2. The average molecular weight is 290 g/mol. The number of carbonyl (C=O) groups is 1. The van der Waals surface area contributed by atoms with Crippen LogP contribution >= 0.6 is 0 Å². The van der Waals surface area contributed by atoms with Crippen molar-refractivity contribution in [2.24, 2.45) is 11.7 Å². The Morgan fingerprint density at radius 1 is 1.43 bits per heavy atom. The van der Waals surface area contributed by atoms with Crippen molar-refractivity contribution in [3.8, 4) is 5.75 Å². The molecule has 0 aliphatic heterocycles. The van der Waals surface area contributed by atoms with Crippen molar-refractivity contribution in [3.63, 3.8) is 0 Å². The second-order valence-electron chi connectivity index (χ2n) is 6.40. The zero-order chi connectivity index (χ0) is 15.5. The van der Waals surface area contributed by atoms with Crippen LogP contribution in [0.25, 0.3) is 0 Å². The number of ether oxygens (including phenoxy) is 1. The van der Waals surface area contributed by atoms with Crippen molar-refractivity contribution in [2.75, 3.05) is 6.54 Å². The number of amides is 1. The molecule has 0 radical (unpaired) electrons. The molecule has 1 unspecified atom stereocenters. The van der Waals surface area contributed by atoms with Crippen molar-refractivity contribution in [1.29, 1.82) is 0 Å². The van der Waals surface area contributed by atoms with Crippen LogP contribution in [-0.2, 0) is 11.2 Å². The standard InChI is InChI=1S/C17H26N2O2/c1-12(2)21-15-7-5-4-6-13(15)10-16(20)19-17(3,11-18)14-8-9-14/h4-7,12,14H,8-11,18H2,1-3H3,(H,19,20). The molecular formula is C17H26N2O2. The molecule has 4 heteroatoms. The minimum atomic E-state index is -0.273. The largest absolute Gasteiger partial charge is 0.491 e. The second-order valence-corrected chi connectivity index (χ2v) is 6.40. The molecule has 1 saturated carbocycles. The fraction of sp³-hybridized carbons (Fsp3) is 0.588. The van der Waals surface area contributed by atoms with E-state index < -0.39 is 0 Å². The van der Waals surface area contributed by atoms with Gasteiger partial charge in [-0.3, -0.25) is 4.79 Å². The number of carbonyl (C=O) groups excluding carboxylic acids is 1. The molecule has 3 N–H and O–H groups in total. The first-order valence-corrected chi connectivity index (χ1v) is 7.70. The monoisotopic (exact) mass is 290 g/mol. The van der Waals surface area contributed by atoms with Gasteiger partial charge in [0, 0.05) is 12.1 Å². The van der Waals surface area contributed by atoms with Gasteiger partial charge in [-0.1, -0.05) is 18.2 Å². The molecular weight excluding hydrogens is 264 g/mol. The molecule has 0 heterocycles. The van der Waals surface area contributed by atoms with Crippen molar-refractivity contribution >= 4 is 5.91 Å². The van der Waals surface area contributed by atoms with E-state index in [4.69, 9.17) is 10.5 Å². The molecule has 0 saturated heterocycles. The van der Waals surface area contributed by atoms with E-state index in [2.05, 4.69) is 5.32 Å². The first-order chi connectivity index (χ1) is 9.94. The molecule has 1 atom stereocenters. The minimum Gasteiger partial charge on any atom is -0.491 e. The lowest BCUT2D eigenvalue weighted by Gasteiger charge is -2.29. The molecule has 1 aliphatic rings. The van der Waals surface area contributed by atoms with Gasteiger partial charge in [0.2, 0.25) is 5.91 Å². The van der Waals surface area contributed by atoms with E-state index in [0.29, 0.717) is 18.9 Å². The quantitative estimate of drug-likeness (QED) is 0.809. The number of para-hydroxylation sites is 1. The zero-order valence-electron chi connectivity index (χ0n) is 13.2. The lowest BCUT2D eigenvalue weighted by Crippen LogP contribution is -2.53. The van der Waals surface area contributed by atoms with Gasteiger partial charge in [0.1, 0.15) is 5.75 Å². The molecule has 1 aliphatic carbocycles. The summed E-state index contributed by atoms with van der Waals surface area (Å²) in [7, 11) is 0. The van der Waals surface area contributed by atoms with Crippen LogP contribution in [0.5, 0.6) is 5.75 Å². The molecule has 1 aromatic carbocycles. The molecule has 1 fully saturated rings. The van der Waals surface area contributed by atoms with Crippen LogP contribution in [0, 0.1) is 5.92 Å². The number of benzene rings is 1. The van der Waals surface area contributed by atoms with Crippen molar-refractivity contribution in [3.05, 3.63) is 29.8 Å². The number of nitrogens with one attached hydrogen (secondary N) is 1. The summed E-state index contributed by atoms with van der Waals surface area (Å²) < 4.78 is 5.76. The summed E-state index contributed by atoms with van der Waals surface area (Å²) >= 11 is 0. The predicted molar refractivity (Wildman–Crippen MR) is 84.2 cm³/mol. The van der Waals surface area contributed by atoms with Gasteiger partial charge in [0.15, 0.2) is 0 Å². The topological polar surface area (TPSA) is 64.3 Å². The highest BCUT2D eigenvalue weighted by atomic mass is 16.5. The van der Waals surface area contributed by atoms with E-state index in [9.17, 15) is 4.79 Å². The maximum absolute atomic E-state index is 12.3. The number of hydrogen-bond donors (Lipinski definition) is 2. The van der Waals surface area contributed by atoms with Gasteiger partial charge in [-0.15, -0.1) is 0 Å². The van der Waals surface area contributed by atoms with Crippen LogP contribution < -0.4 is 15.8 Å². The van der Waals surface area contributed by atoms with E-state index in [1.165, 1.54) is 0 Å². The molecule has 116 valence electrons. The smallest absolute Gasteiger partial charge is 0.225 e. The fourth-order valence-corrected chi connectivity index (χ4v) is 2.59. The van der Waals surface area contributed by atoms with Crippen LogP contribution in [0.1, 0.15) is 39.2 Å². The first kappa shape index (κ1) is 15.8. The summed E-state index contributed by atoms with van der Waals surface area (Å²) in [5.41, 5.74) is 6.49. The Morgan fingerprint density at radius 3 is 2.67 bits per heavy atom. The molecule has 0 spiro atoms. The number of hydrogen-bond acceptors (Lipinski definition) is 3. The minimum absolute atomic E-state index is 0.00894. The Kier molecular flexibility index (Phi) is 4.88. The van der Waals surface area contributed by atoms with E-state index >= 15 is 0 Å². The third-order valence-corrected chi connectivity index (χ3v) is 4.01. The fourth-order valence-electron chi connectivity index (χ4n) is 2.59. The molecule has 2 rings (SSSR count). The van der Waals surface area contributed by atoms with Crippen molar-refractivity contribution < 1.29 is 9.53 Å². The van der Waals surface area contributed by atoms with Gasteiger partial charge in [0.05, 0.1) is 18.1 Å². The molecule has 0 bridgehead atoms. The number of rotatable bonds is 7. The Hall–Kier alpha value is -1.55. The summed E-state index contributed by atoms with van der Waals surface area (Å²) in [5.74, 6) is 1.31. The van der Waals surface area contributed by atoms with Gasteiger partial charge in [-0.05, 0) is 45.6 Å². The Labute approximate surface area is 127 Å². The summed E-state index contributed by atoms with van der Waals surface area (Å²) in [6.45, 7) is 6.48. The van der Waals surface area contributed by atoms with Crippen LogP contribution in [0.4, 0.5) is 0 Å². The summed E-state index contributed by atoms with van der Waals surface area (Å²) in [4.78, 5) is 12.3. The van der Waals surface area contributed by atoms with Crippen LogP contribution in [-0.4, -0.2) is 24.1 Å². The summed E-state index contributed by atoms with van der Waals surface area (Å²) in [6, 6.07) is 7.70. The maximum Gasteiger partial charge on any atom is 0.225 e. The normalized spacial score (nSPS) is 17.4. The third-order valence-electron chi connectivity index (χ3n) is 4.01. The van der Waals surface area contributed by atoms with E-state index in [1.54, 1.807) is 0 Å². The first-order valence-electron chi connectivity index (χ1n) is 7.70. The van der Waals surface area contributed by atoms with E-state index in [0.717, 1.165) is 24.2 Å². The summed E-state index contributed by atoms with van der Waals surface area (Å²) in [5, 5.41) is 3.11. The maximum atomic E-state index is 12.3. The molecule has 0 aromatic heterocycles.